The maximum atomic E-state index is 13.4. The van der Waals surface area contributed by atoms with Gasteiger partial charge < -0.3 is 14.2 Å². The van der Waals surface area contributed by atoms with Crippen LogP contribution in [0.25, 0.3) is 21.5 Å². The van der Waals surface area contributed by atoms with Gasteiger partial charge in [0, 0.05) is 44.1 Å². The monoisotopic (exact) mass is 463 g/mol. The highest BCUT2D eigenvalue weighted by Crippen LogP contribution is 2.36. The maximum Gasteiger partial charge on any atom is 0.274 e. The molecule has 1 aromatic carbocycles. The molecule has 0 spiro atoms. The van der Waals surface area contributed by atoms with Gasteiger partial charge in [-0.15, -0.1) is 11.3 Å². The van der Waals surface area contributed by atoms with E-state index in [1.807, 2.05) is 24.8 Å². The molecular formula is C24H22FN5O2S. The summed E-state index contributed by atoms with van der Waals surface area (Å²) in [7, 11) is 0. The second kappa shape index (κ2) is 7.62. The minimum atomic E-state index is -0.295. The Morgan fingerprint density at radius 2 is 1.76 bits per heavy atom. The molecule has 0 aliphatic carbocycles. The van der Waals surface area contributed by atoms with E-state index in [9.17, 15) is 9.18 Å². The second-order valence-electron chi connectivity index (χ2n) is 8.80. The number of carbonyl (C=O) groups is 1. The summed E-state index contributed by atoms with van der Waals surface area (Å²) < 4.78 is 18.8. The van der Waals surface area contributed by atoms with E-state index in [1.54, 1.807) is 18.4 Å². The van der Waals surface area contributed by atoms with Crippen molar-refractivity contribution in [1.29, 1.82) is 0 Å². The predicted octanol–water partition coefficient (Wildman–Crippen LogP) is 4.31. The van der Waals surface area contributed by atoms with Crippen LogP contribution in [0.15, 0.2) is 41.0 Å². The van der Waals surface area contributed by atoms with Crippen LogP contribution >= 0.6 is 11.3 Å². The van der Waals surface area contributed by atoms with Crippen LogP contribution in [0.2, 0.25) is 0 Å². The van der Waals surface area contributed by atoms with Crippen LogP contribution in [0.4, 0.5) is 10.3 Å². The second-order valence-corrected chi connectivity index (χ2v) is 10.00. The fraction of sp³-hybridized carbons (Fsp3) is 0.333. The van der Waals surface area contributed by atoms with Crippen LogP contribution in [0.3, 0.4) is 0 Å². The van der Waals surface area contributed by atoms with Gasteiger partial charge in [0.25, 0.3) is 5.91 Å². The average Bonchev–Trinajstić information content (AvgIpc) is 3.56. The van der Waals surface area contributed by atoms with E-state index in [1.165, 1.54) is 23.5 Å². The highest BCUT2D eigenvalue weighted by atomic mass is 32.1. The predicted molar refractivity (Wildman–Crippen MR) is 124 cm³/mol. The lowest BCUT2D eigenvalue weighted by atomic mass is 10.0. The van der Waals surface area contributed by atoms with E-state index in [0.717, 1.165) is 51.3 Å². The number of thiazole rings is 1. The summed E-state index contributed by atoms with van der Waals surface area (Å²) in [5.41, 5.74) is 3.66. The molecule has 4 aromatic rings. The number of likely N-dealkylation sites (tertiary alicyclic amines) is 1. The number of furan rings is 1. The van der Waals surface area contributed by atoms with Crippen molar-refractivity contribution >= 4 is 34.3 Å². The van der Waals surface area contributed by atoms with E-state index in [0.29, 0.717) is 30.6 Å². The van der Waals surface area contributed by atoms with Crippen molar-refractivity contribution in [2.24, 2.45) is 11.8 Å². The molecule has 6 rings (SSSR count). The van der Waals surface area contributed by atoms with Crippen molar-refractivity contribution < 1.29 is 13.6 Å². The molecule has 0 radical (unpaired) electrons. The Morgan fingerprint density at radius 3 is 2.48 bits per heavy atom. The normalized spacial score (nSPS) is 20.1. The van der Waals surface area contributed by atoms with Gasteiger partial charge >= 0.3 is 0 Å². The van der Waals surface area contributed by atoms with E-state index in [-0.39, 0.29) is 11.7 Å². The number of carbonyl (C=O) groups excluding carboxylic acids is 1. The van der Waals surface area contributed by atoms with Gasteiger partial charge in [0.1, 0.15) is 17.0 Å². The molecule has 0 unspecified atom stereocenters. The highest BCUT2D eigenvalue weighted by molar-refractivity contribution is 7.15. The number of aromatic nitrogens is 3. The Labute approximate surface area is 193 Å². The number of rotatable bonds is 3. The summed E-state index contributed by atoms with van der Waals surface area (Å²) in [5.74, 6) is 1.11. The molecule has 168 valence electrons. The average molecular weight is 464 g/mol. The van der Waals surface area contributed by atoms with Gasteiger partial charge in [-0.2, -0.15) is 0 Å². The molecule has 2 fully saturated rings. The van der Waals surface area contributed by atoms with Crippen LogP contribution in [0.1, 0.15) is 21.2 Å². The zero-order chi connectivity index (χ0) is 22.7. The molecular weight excluding hydrogens is 441 g/mol. The molecule has 2 atom stereocenters. The summed E-state index contributed by atoms with van der Waals surface area (Å²) in [4.78, 5) is 32.2. The van der Waals surface area contributed by atoms with Crippen LogP contribution in [-0.4, -0.2) is 51.9 Å². The lowest BCUT2D eigenvalue weighted by molar-refractivity contribution is 0.0778. The van der Waals surface area contributed by atoms with Gasteiger partial charge in [0.05, 0.1) is 21.8 Å². The van der Waals surface area contributed by atoms with Crippen molar-refractivity contribution in [2.45, 2.75) is 13.8 Å². The molecule has 0 N–H and O–H groups in total. The zero-order valence-electron chi connectivity index (χ0n) is 18.3. The first-order valence-corrected chi connectivity index (χ1v) is 11.8. The number of fused-ring (bicyclic) bond motifs is 2. The molecule has 2 aliphatic heterocycles. The Kier molecular flexibility index (Phi) is 4.69. The third-order valence-corrected chi connectivity index (χ3v) is 7.58. The molecule has 9 heteroatoms. The van der Waals surface area contributed by atoms with E-state index in [2.05, 4.69) is 19.9 Å². The van der Waals surface area contributed by atoms with E-state index in [4.69, 9.17) is 4.42 Å². The SMILES string of the molecule is Cc1nc(C(=O)N2C[C@@H]3CN(c4nc(C)c5occc5n4)C[C@@H]3C2)c(-c2ccc(F)cc2)s1. The number of benzene rings is 1. The van der Waals surface area contributed by atoms with Crippen molar-refractivity contribution in [2.75, 3.05) is 31.1 Å². The standard InChI is InChI=1S/C24H22FN5O2S/c1-13-21-19(7-8-32-21)28-24(26-13)30-11-16-9-29(10-17(16)12-30)23(31)20-22(33-14(2)27-20)15-3-5-18(25)6-4-15/h3-8,16-17H,9-12H2,1-2H3/t16-,17+. The first-order chi connectivity index (χ1) is 16.0. The van der Waals surface area contributed by atoms with Crippen molar-refractivity contribution in [3.05, 3.63) is 58.8 Å². The molecule has 5 heterocycles. The Balaban J connectivity index is 1.20. The third-order valence-electron chi connectivity index (χ3n) is 6.56. The van der Waals surface area contributed by atoms with Gasteiger partial charge in [-0.3, -0.25) is 4.79 Å². The summed E-state index contributed by atoms with van der Waals surface area (Å²) in [6.45, 7) is 6.84. The van der Waals surface area contributed by atoms with Gasteiger partial charge in [0.2, 0.25) is 5.95 Å². The summed E-state index contributed by atoms with van der Waals surface area (Å²) in [6.07, 6.45) is 1.64. The van der Waals surface area contributed by atoms with E-state index >= 15 is 0 Å². The summed E-state index contributed by atoms with van der Waals surface area (Å²) in [5, 5.41) is 0.824. The van der Waals surface area contributed by atoms with Crippen LogP contribution in [0.5, 0.6) is 0 Å². The molecule has 0 saturated carbocycles. The van der Waals surface area contributed by atoms with Crippen LogP contribution in [0, 0.1) is 31.5 Å². The van der Waals surface area contributed by atoms with Gasteiger partial charge in [0.15, 0.2) is 5.58 Å². The van der Waals surface area contributed by atoms with Crippen molar-refractivity contribution in [3.8, 4) is 10.4 Å². The highest BCUT2D eigenvalue weighted by Gasteiger charge is 2.43. The van der Waals surface area contributed by atoms with Crippen LogP contribution < -0.4 is 4.90 Å². The lowest BCUT2D eigenvalue weighted by Crippen LogP contribution is -2.34. The maximum absolute atomic E-state index is 13.4. The Hall–Kier alpha value is -3.33. The van der Waals surface area contributed by atoms with Crippen molar-refractivity contribution in [3.63, 3.8) is 0 Å². The number of amides is 1. The topological polar surface area (TPSA) is 75.4 Å². The zero-order valence-corrected chi connectivity index (χ0v) is 19.1. The fourth-order valence-electron chi connectivity index (χ4n) is 4.98. The first-order valence-electron chi connectivity index (χ1n) is 11.0. The smallest absolute Gasteiger partial charge is 0.274 e. The molecule has 1 amide bonds. The van der Waals surface area contributed by atoms with Gasteiger partial charge in [-0.25, -0.2) is 19.3 Å². The summed E-state index contributed by atoms with van der Waals surface area (Å²) >= 11 is 1.47. The minimum Gasteiger partial charge on any atom is -0.461 e. The van der Waals surface area contributed by atoms with Gasteiger partial charge in [-0.1, -0.05) is 12.1 Å². The Morgan fingerprint density at radius 1 is 1.03 bits per heavy atom. The third kappa shape index (κ3) is 3.47. The van der Waals surface area contributed by atoms with E-state index < -0.39 is 0 Å². The van der Waals surface area contributed by atoms with Crippen LogP contribution in [-0.2, 0) is 0 Å². The minimum absolute atomic E-state index is 0.0495. The molecule has 2 saturated heterocycles. The largest absolute Gasteiger partial charge is 0.461 e. The number of nitrogens with zero attached hydrogens (tertiary/aromatic N) is 5. The number of aryl methyl sites for hydroxylation is 2. The Bertz CT molecular complexity index is 1350. The molecule has 2 aliphatic rings. The molecule has 33 heavy (non-hydrogen) atoms. The lowest BCUT2D eigenvalue weighted by Gasteiger charge is -2.22. The molecule has 0 bridgehead atoms. The molecule has 7 nitrogen and oxygen atoms in total. The number of anilines is 1. The number of halogens is 1. The molecule has 3 aromatic heterocycles. The number of hydrogen-bond acceptors (Lipinski definition) is 7. The fourth-order valence-corrected chi connectivity index (χ4v) is 5.89. The van der Waals surface area contributed by atoms with Gasteiger partial charge in [-0.05, 0) is 31.5 Å². The van der Waals surface area contributed by atoms with Crippen molar-refractivity contribution in [1.82, 2.24) is 19.9 Å². The number of hydrogen-bond donors (Lipinski definition) is 0. The summed E-state index contributed by atoms with van der Waals surface area (Å²) in [6, 6.07) is 8.10. The first kappa shape index (κ1) is 20.3. The quantitative estimate of drug-likeness (QED) is 0.451.